The van der Waals surface area contributed by atoms with Gasteiger partial charge in [-0.05, 0) is 53.9 Å². The zero-order valence-corrected chi connectivity index (χ0v) is 15.9. The molecule has 136 valence electrons. The van der Waals surface area contributed by atoms with E-state index in [1.807, 2.05) is 18.2 Å². The first-order valence-corrected chi connectivity index (χ1v) is 10.1. The molecule has 2 aromatic carbocycles. The highest BCUT2D eigenvalue weighted by molar-refractivity contribution is 7.46. The Bertz CT molecular complexity index is 699. The van der Waals surface area contributed by atoms with Crippen molar-refractivity contribution in [2.45, 2.75) is 46.0 Å². The van der Waals surface area contributed by atoms with Crippen molar-refractivity contribution in [3.63, 3.8) is 0 Å². The van der Waals surface area contributed by atoms with E-state index in [1.54, 1.807) is 12.1 Å². The molecule has 0 aromatic heterocycles. The Balaban J connectivity index is 1.95. The van der Waals surface area contributed by atoms with Crippen LogP contribution in [-0.4, -0.2) is 9.79 Å². The predicted molar refractivity (Wildman–Crippen MR) is 101 cm³/mol. The van der Waals surface area contributed by atoms with Crippen LogP contribution in [-0.2, 0) is 11.0 Å². The van der Waals surface area contributed by atoms with Crippen molar-refractivity contribution in [3.05, 3.63) is 65.7 Å². The molecule has 0 radical (unpaired) electrons. The van der Waals surface area contributed by atoms with Crippen LogP contribution in [0.2, 0.25) is 0 Å². The van der Waals surface area contributed by atoms with E-state index in [0.29, 0.717) is 5.92 Å². The average molecular weight is 362 g/mol. The second-order valence-electron chi connectivity index (χ2n) is 7.45. The van der Waals surface area contributed by atoms with Crippen LogP contribution in [0.4, 0.5) is 0 Å². The minimum Gasteiger partial charge on any atom is -0.404 e. The lowest BCUT2D eigenvalue weighted by atomic mass is 9.74. The van der Waals surface area contributed by atoms with Gasteiger partial charge in [-0.3, -0.25) is 9.79 Å². The van der Waals surface area contributed by atoms with E-state index >= 15 is 0 Å². The van der Waals surface area contributed by atoms with Gasteiger partial charge < -0.3 is 4.52 Å². The number of phosphoric acid groups is 1. The van der Waals surface area contributed by atoms with Crippen molar-refractivity contribution in [2.75, 3.05) is 0 Å². The smallest absolute Gasteiger partial charge is 0.404 e. The van der Waals surface area contributed by atoms with E-state index in [-0.39, 0.29) is 11.2 Å². The van der Waals surface area contributed by atoms with Crippen LogP contribution in [0, 0.1) is 5.41 Å². The highest BCUT2D eigenvalue weighted by Crippen LogP contribution is 2.39. The maximum absolute atomic E-state index is 10.8. The molecule has 2 aromatic rings. The SMILES string of the molecule is CC(C)(C)C(CCCc1ccc(OP(=O)(O)O)cc1)c1ccccc1. The lowest BCUT2D eigenvalue weighted by Gasteiger charge is -2.31. The molecular formula is C20H27O4P. The van der Waals surface area contributed by atoms with E-state index in [9.17, 15) is 4.57 Å². The molecule has 2 N–H and O–H groups in total. The summed E-state index contributed by atoms with van der Waals surface area (Å²) in [6.07, 6.45) is 3.07. The Hall–Kier alpha value is -1.61. The maximum atomic E-state index is 10.8. The molecule has 0 spiro atoms. The van der Waals surface area contributed by atoms with Crippen LogP contribution in [0.3, 0.4) is 0 Å². The fourth-order valence-electron chi connectivity index (χ4n) is 3.15. The van der Waals surface area contributed by atoms with Gasteiger partial charge in [0, 0.05) is 0 Å². The predicted octanol–water partition coefficient (Wildman–Crippen LogP) is 5.31. The molecule has 1 atom stereocenters. The molecular weight excluding hydrogens is 335 g/mol. The highest BCUT2D eigenvalue weighted by Gasteiger charge is 2.25. The van der Waals surface area contributed by atoms with Gasteiger partial charge in [0.1, 0.15) is 5.75 Å². The van der Waals surface area contributed by atoms with Gasteiger partial charge in [0.15, 0.2) is 0 Å². The molecule has 2 rings (SSSR count). The summed E-state index contributed by atoms with van der Waals surface area (Å²) in [5, 5.41) is 0. The summed E-state index contributed by atoms with van der Waals surface area (Å²) in [5.74, 6) is 0.680. The number of rotatable bonds is 7. The first kappa shape index (κ1) is 19.7. The van der Waals surface area contributed by atoms with E-state index < -0.39 is 7.82 Å². The van der Waals surface area contributed by atoms with Crippen LogP contribution in [0.5, 0.6) is 5.75 Å². The standard InChI is InChI=1S/C20H27O4P/c1-20(2,3)19(17-9-5-4-6-10-17)11-7-8-16-12-14-18(15-13-16)24-25(21,22)23/h4-6,9-10,12-15,19H,7-8,11H2,1-3H3,(H2,21,22,23). The first-order valence-electron chi connectivity index (χ1n) is 8.54. The summed E-state index contributed by atoms with van der Waals surface area (Å²) in [4.78, 5) is 17.6. The number of benzene rings is 2. The van der Waals surface area contributed by atoms with Gasteiger partial charge in [0.05, 0.1) is 0 Å². The lowest BCUT2D eigenvalue weighted by Crippen LogP contribution is -2.18. The first-order chi connectivity index (χ1) is 11.6. The Morgan fingerprint density at radius 2 is 1.60 bits per heavy atom. The van der Waals surface area contributed by atoms with Gasteiger partial charge in [0.25, 0.3) is 0 Å². The summed E-state index contributed by atoms with van der Waals surface area (Å²) in [5.41, 5.74) is 2.71. The van der Waals surface area contributed by atoms with Crippen LogP contribution in [0.1, 0.15) is 50.7 Å². The van der Waals surface area contributed by atoms with E-state index in [1.165, 1.54) is 5.56 Å². The molecule has 0 saturated carbocycles. The monoisotopic (exact) mass is 362 g/mol. The van der Waals surface area contributed by atoms with Gasteiger partial charge >= 0.3 is 7.82 Å². The topological polar surface area (TPSA) is 66.8 Å². The number of hydrogen-bond acceptors (Lipinski definition) is 2. The van der Waals surface area contributed by atoms with Gasteiger partial charge in [0.2, 0.25) is 0 Å². The summed E-state index contributed by atoms with van der Waals surface area (Å²) < 4.78 is 15.4. The zero-order valence-electron chi connectivity index (χ0n) is 15.1. The molecule has 0 fully saturated rings. The molecule has 0 heterocycles. The highest BCUT2D eigenvalue weighted by atomic mass is 31.2. The molecule has 0 aliphatic carbocycles. The quantitative estimate of drug-likeness (QED) is 0.655. The minimum atomic E-state index is -4.49. The maximum Gasteiger partial charge on any atom is 0.524 e. The summed E-state index contributed by atoms with van der Waals surface area (Å²) >= 11 is 0. The van der Waals surface area contributed by atoms with Gasteiger partial charge in [-0.15, -0.1) is 0 Å². The Morgan fingerprint density at radius 1 is 1.00 bits per heavy atom. The number of aryl methyl sites for hydroxylation is 1. The zero-order chi connectivity index (χ0) is 18.5. The third-order valence-electron chi connectivity index (χ3n) is 4.35. The van der Waals surface area contributed by atoms with Gasteiger partial charge in [-0.1, -0.05) is 63.2 Å². The van der Waals surface area contributed by atoms with Crippen LogP contribution in [0.25, 0.3) is 0 Å². The number of phosphoric ester groups is 1. The van der Waals surface area contributed by atoms with Crippen LogP contribution < -0.4 is 4.52 Å². The normalized spacial score (nSPS) is 13.5. The van der Waals surface area contributed by atoms with Crippen molar-refractivity contribution in [1.29, 1.82) is 0 Å². The third-order valence-corrected chi connectivity index (χ3v) is 4.80. The summed E-state index contributed by atoms with van der Waals surface area (Å²) in [6.45, 7) is 6.83. The van der Waals surface area contributed by atoms with Gasteiger partial charge in [-0.25, -0.2) is 4.57 Å². The molecule has 0 saturated heterocycles. The lowest BCUT2D eigenvalue weighted by molar-refractivity contribution is 0.283. The van der Waals surface area contributed by atoms with E-state index in [0.717, 1.165) is 24.8 Å². The van der Waals surface area contributed by atoms with Gasteiger partial charge in [-0.2, -0.15) is 0 Å². The minimum absolute atomic E-state index is 0.189. The molecule has 0 amide bonds. The second-order valence-corrected chi connectivity index (χ2v) is 8.61. The largest absolute Gasteiger partial charge is 0.524 e. The fourth-order valence-corrected chi connectivity index (χ4v) is 3.55. The summed E-state index contributed by atoms with van der Waals surface area (Å²) in [6, 6.07) is 17.6. The fraction of sp³-hybridized carbons (Fsp3) is 0.400. The van der Waals surface area contributed by atoms with Crippen molar-refractivity contribution in [1.82, 2.24) is 0 Å². The van der Waals surface area contributed by atoms with Crippen molar-refractivity contribution in [3.8, 4) is 5.75 Å². The van der Waals surface area contributed by atoms with Crippen molar-refractivity contribution < 1.29 is 18.9 Å². The molecule has 0 aliphatic rings. The van der Waals surface area contributed by atoms with Crippen LogP contribution >= 0.6 is 7.82 Å². The van der Waals surface area contributed by atoms with Crippen molar-refractivity contribution in [2.24, 2.45) is 5.41 Å². The average Bonchev–Trinajstić information content (AvgIpc) is 2.51. The summed E-state index contributed by atoms with van der Waals surface area (Å²) in [7, 11) is -4.49. The second kappa shape index (κ2) is 8.18. The molecule has 25 heavy (non-hydrogen) atoms. The van der Waals surface area contributed by atoms with Crippen LogP contribution in [0.15, 0.2) is 54.6 Å². The molecule has 0 bridgehead atoms. The Kier molecular flexibility index (Phi) is 6.45. The molecule has 1 unspecified atom stereocenters. The van der Waals surface area contributed by atoms with Crippen molar-refractivity contribution >= 4 is 7.82 Å². The Morgan fingerprint density at radius 3 is 2.12 bits per heavy atom. The molecule has 5 heteroatoms. The van der Waals surface area contributed by atoms with E-state index in [2.05, 4.69) is 49.6 Å². The Labute approximate surface area is 150 Å². The molecule has 0 aliphatic heterocycles. The third kappa shape index (κ3) is 6.66. The molecule has 4 nitrogen and oxygen atoms in total. The van der Waals surface area contributed by atoms with E-state index in [4.69, 9.17) is 9.79 Å². The number of hydrogen-bond donors (Lipinski definition) is 2.